The van der Waals surface area contributed by atoms with Crippen LogP contribution in [0.15, 0.2) is 29.4 Å². The standard InChI is InChI=1S/C17H24FN5S/c1-12-10-21-16(24-12)7-8-20-17(19-2)22-11-13-5-6-15(23(3)4)14(18)9-13/h5-6,9-10H,7-8,11H2,1-4H3,(H2,19,20,22). The van der Waals surface area contributed by atoms with Crippen LogP contribution in [0.4, 0.5) is 10.1 Å². The van der Waals surface area contributed by atoms with Gasteiger partial charge in [0.05, 0.1) is 10.7 Å². The van der Waals surface area contributed by atoms with E-state index < -0.39 is 0 Å². The summed E-state index contributed by atoms with van der Waals surface area (Å²) in [6.07, 6.45) is 2.74. The van der Waals surface area contributed by atoms with Crippen LogP contribution in [0, 0.1) is 12.7 Å². The topological polar surface area (TPSA) is 52.6 Å². The zero-order chi connectivity index (χ0) is 17.5. The van der Waals surface area contributed by atoms with Crippen molar-refractivity contribution in [1.29, 1.82) is 0 Å². The largest absolute Gasteiger partial charge is 0.375 e. The number of halogens is 1. The summed E-state index contributed by atoms with van der Waals surface area (Å²) < 4.78 is 14.0. The molecule has 2 rings (SSSR count). The summed E-state index contributed by atoms with van der Waals surface area (Å²) in [5.74, 6) is 0.474. The molecule has 0 aliphatic heterocycles. The Morgan fingerprint density at radius 2 is 2.12 bits per heavy atom. The van der Waals surface area contributed by atoms with Gasteiger partial charge in [0, 0.05) is 51.7 Å². The molecule has 0 aliphatic rings. The molecule has 0 bridgehead atoms. The van der Waals surface area contributed by atoms with Crippen molar-refractivity contribution in [2.24, 2.45) is 4.99 Å². The number of anilines is 1. The predicted molar refractivity (Wildman–Crippen MR) is 99.5 cm³/mol. The number of nitrogens with one attached hydrogen (secondary N) is 2. The van der Waals surface area contributed by atoms with Crippen LogP contribution in [0.25, 0.3) is 0 Å². The zero-order valence-electron chi connectivity index (χ0n) is 14.6. The van der Waals surface area contributed by atoms with Gasteiger partial charge >= 0.3 is 0 Å². The molecule has 1 aromatic heterocycles. The minimum atomic E-state index is -0.221. The van der Waals surface area contributed by atoms with Gasteiger partial charge in [0.25, 0.3) is 0 Å². The molecule has 0 amide bonds. The average molecular weight is 349 g/mol. The summed E-state index contributed by atoms with van der Waals surface area (Å²) in [7, 11) is 5.37. The van der Waals surface area contributed by atoms with E-state index in [-0.39, 0.29) is 5.82 Å². The molecule has 0 fully saturated rings. The van der Waals surface area contributed by atoms with E-state index in [1.807, 2.05) is 26.4 Å². The number of guanidine groups is 1. The summed E-state index contributed by atoms with van der Waals surface area (Å²) in [5, 5.41) is 7.55. The molecule has 5 nitrogen and oxygen atoms in total. The van der Waals surface area contributed by atoms with E-state index in [4.69, 9.17) is 0 Å². The lowest BCUT2D eigenvalue weighted by Crippen LogP contribution is -2.37. The van der Waals surface area contributed by atoms with Gasteiger partial charge in [-0.1, -0.05) is 6.07 Å². The number of benzene rings is 1. The van der Waals surface area contributed by atoms with Gasteiger partial charge in [0.15, 0.2) is 5.96 Å². The van der Waals surface area contributed by atoms with Crippen LogP contribution in [-0.4, -0.2) is 38.6 Å². The van der Waals surface area contributed by atoms with Crippen molar-refractivity contribution < 1.29 is 4.39 Å². The van der Waals surface area contributed by atoms with Crippen molar-refractivity contribution in [3.63, 3.8) is 0 Å². The van der Waals surface area contributed by atoms with Crippen LogP contribution >= 0.6 is 11.3 Å². The molecule has 0 saturated heterocycles. The lowest BCUT2D eigenvalue weighted by atomic mass is 10.2. The fourth-order valence-corrected chi connectivity index (χ4v) is 3.02. The number of aromatic nitrogens is 1. The highest BCUT2D eigenvalue weighted by molar-refractivity contribution is 7.11. The predicted octanol–water partition coefficient (Wildman–Crippen LogP) is 2.56. The molecule has 1 heterocycles. The van der Waals surface area contributed by atoms with Crippen molar-refractivity contribution >= 4 is 23.0 Å². The van der Waals surface area contributed by atoms with Gasteiger partial charge in [-0.25, -0.2) is 9.37 Å². The zero-order valence-corrected chi connectivity index (χ0v) is 15.4. The number of aliphatic imine (C=N–C) groups is 1. The van der Waals surface area contributed by atoms with Crippen LogP contribution in [0.3, 0.4) is 0 Å². The second-order valence-corrected chi connectivity index (χ2v) is 6.97. The van der Waals surface area contributed by atoms with E-state index in [9.17, 15) is 4.39 Å². The Hall–Kier alpha value is -2.15. The summed E-state index contributed by atoms with van der Waals surface area (Å²) >= 11 is 1.71. The highest BCUT2D eigenvalue weighted by Crippen LogP contribution is 2.18. The van der Waals surface area contributed by atoms with E-state index in [1.165, 1.54) is 4.88 Å². The first-order valence-corrected chi connectivity index (χ1v) is 8.63. The van der Waals surface area contributed by atoms with Gasteiger partial charge in [-0.2, -0.15) is 0 Å². The third-order valence-corrected chi connectivity index (χ3v) is 4.45. The van der Waals surface area contributed by atoms with Crippen LogP contribution in [0.2, 0.25) is 0 Å². The Morgan fingerprint density at radius 1 is 1.33 bits per heavy atom. The van der Waals surface area contributed by atoms with Crippen LogP contribution < -0.4 is 15.5 Å². The molecule has 0 spiro atoms. The molecule has 0 aliphatic carbocycles. The van der Waals surface area contributed by atoms with Crippen LogP contribution in [-0.2, 0) is 13.0 Å². The normalized spacial score (nSPS) is 11.5. The van der Waals surface area contributed by atoms with Crippen molar-refractivity contribution in [3.05, 3.63) is 45.7 Å². The summed E-state index contributed by atoms with van der Waals surface area (Å²) in [4.78, 5) is 11.5. The first kappa shape index (κ1) is 18.2. The van der Waals surface area contributed by atoms with Gasteiger partial charge in [-0.15, -0.1) is 11.3 Å². The molecule has 0 saturated carbocycles. The Bertz CT molecular complexity index is 696. The molecule has 0 atom stereocenters. The molecule has 2 aromatic rings. The monoisotopic (exact) mass is 349 g/mol. The Balaban J connectivity index is 1.82. The smallest absolute Gasteiger partial charge is 0.191 e. The molecule has 130 valence electrons. The first-order valence-electron chi connectivity index (χ1n) is 7.81. The van der Waals surface area contributed by atoms with E-state index in [1.54, 1.807) is 35.4 Å². The Morgan fingerprint density at radius 3 is 2.71 bits per heavy atom. The van der Waals surface area contributed by atoms with Gasteiger partial charge in [0.1, 0.15) is 5.82 Å². The maximum atomic E-state index is 14.0. The van der Waals surface area contributed by atoms with Gasteiger partial charge in [-0.3, -0.25) is 4.99 Å². The second kappa shape index (κ2) is 8.63. The number of nitrogens with zero attached hydrogens (tertiary/aromatic N) is 3. The Labute approximate surface area is 146 Å². The van der Waals surface area contributed by atoms with Gasteiger partial charge in [0.2, 0.25) is 0 Å². The fraction of sp³-hybridized carbons (Fsp3) is 0.412. The van der Waals surface area contributed by atoms with Crippen molar-refractivity contribution in [2.75, 3.05) is 32.6 Å². The highest BCUT2D eigenvalue weighted by Gasteiger charge is 2.06. The molecular weight excluding hydrogens is 325 g/mol. The lowest BCUT2D eigenvalue weighted by Gasteiger charge is -2.15. The molecular formula is C17H24FN5S. The minimum Gasteiger partial charge on any atom is -0.375 e. The molecule has 7 heteroatoms. The van der Waals surface area contributed by atoms with Gasteiger partial charge in [-0.05, 0) is 24.6 Å². The molecule has 0 radical (unpaired) electrons. The third-order valence-electron chi connectivity index (χ3n) is 3.48. The number of rotatable bonds is 6. The summed E-state index contributed by atoms with van der Waals surface area (Å²) in [6, 6.07) is 5.25. The molecule has 1 aromatic carbocycles. The Kier molecular flexibility index (Phi) is 6.54. The van der Waals surface area contributed by atoms with E-state index in [0.717, 1.165) is 23.5 Å². The SMILES string of the molecule is CN=C(NCCc1ncc(C)s1)NCc1ccc(N(C)C)c(F)c1. The summed E-state index contributed by atoms with van der Waals surface area (Å²) in [6.45, 7) is 3.32. The average Bonchev–Trinajstić information content (AvgIpc) is 2.95. The second-order valence-electron chi connectivity index (χ2n) is 5.65. The highest BCUT2D eigenvalue weighted by atomic mass is 32.1. The molecule has 0 unspecified atom stereocenters. The minimum absolute atomic E-state index is 0.221. The van der Waals surface area contributed by atoms with E-state index >= 15 is 0 Å². The number of aryl methyl sites for hydroxylation is 1. The fourth-order valence-electron chi connectivity index (χ4n) is 2.23. The van der Waals surface area contributed by atoms with Crippen LogP contribution in [0.1, 0.15) is 15.4 Å². The quantitative estimate of drug-likeness (QED) is 0.622. The first-order chi connectivity index (χ1) is 11.5. The molecule has 24 heavy (non-hydrogen) atoms. The van der Waals surface area contributed by atoms with Crippen molar-refractivity contribution in [3.8, 4) is 0 Å². The van der Waals surface area contributed by atoms with Crippen molar-refractivity contribution in [2.45, 2.75) is 19.9 Å². The lowest BCUT2D eigenvalue weighted by molar-refractivity contribution is 0.623. The van der Waals surface area contributed by atoms with Crippen LogP contribution in [0.5, 0.6) is 0 Å². The van der Waals surface area contributed by atoms with E-state index in [2.05, 4.69) is 27.5 Å². The molecule has 2 N–H and O–H groups in total. The number of hydrogen-bond acceptors (Lipinski definition) is 4. The number of thiazole rings is 1. The third kappa shape index (κ3) is 5.19. The van der Waals surface area contributed by atoms with E-state index in [0.29, 0.717) is 18.2 Å². The maximum Gasteiger partial charge on any atom is 0.191 e. The van der Waals surface area contributed by atoms with Crippen molar-refractivity contribution in [1.82, 2.24) is 15.6 Å². The summed E-state index contributed by atoms with van der Waals surface area (Å²) in [5.41, 5.74) is 1.46. The number of hydrogen-bond donors (Lipinski definition) is 2. The van der Waals surface area contributed by atoms with Gasteiger partial charge < -0.3 is 15.5 Å². The maximum absolute atomic E-state index is 14.0.